The number of hydrogen-bond donors (Lipinski definition) is 2. The van der Waals surface area contributed by atoms with Gasteiger partial charge in [0, 0.05) is 76.2 Å². The number of carbonyl (C=O) groups excluding carboxylic acids is 2. The first kappa shape index (κ1) is 33.4. The number of amides is 2. The molecule has 5 heterocycles. The van der Waals surface area contributed by atoms with Crippen LogP contribution in [0.5, 0.6) is 0 Å². The van der Waals surface area contributed by atoms with Gasteiger partial charge in [0.15, 0.2) is 6.10 Å². The van der Waals surface area contributed by atoms with Gasteiger partial charge in [-0.15, -0.1) is 0 Å². The number of imidazole rings is 1. The Labute approximate surface area is 290 Å². The maximum Gasteiger partial charge on any atom is 0.410 e. The third-order valence-electron chi connectivity index (χ3n) is 10.7. The molecule has 3 aliphatic heterocycles. The van der Waals surface area contributed by atoms with Crippen LogP contribution in [0.2, 0.25) is 5.02 Å². The van der Waals surface area contributed by atoms with Gasteiger partial charge in [-0.1, -0.05) is 35.9 Å². The van der Waals surface area contributed by atoms with Crippen molar-refractivity contribution in [1.29, 1.82) is 0 Å². The Hall–Kier alpha value is -4.13. The molecule has 0 unspecified atom stereocenters. The first-order valence-corrected chi connectivity index (χ1v) is 17.7. The zero-order chi connectivity index (χ0) is 34.2. The number of carbonyl (C=O) groups is 2. The highest BCUT2D eigenvalue weighted by atomic mass is 35.5. The van der Waals surface area contributed by atoms with E-state index < -0.39 is 12.2 Å². The zero-order valence-corrected chi connectivity index (χ0v) is 29.0. The van der Waals surface area contributed by atoms with Crippen LogP contribution in [0, 0.1) is 6.92 Å². The number of pyridine rings is 1. The molecular weight excluding hydrogens is 644 g/mol. The third-order valence-corrected chi connectivity index (χ3v) is 11.0. The highest BCUT2D eigenvalue weighted by Gasteiger charge is 2.35. The minimum Gasteiger partial charge on any atom is -0.436 e. The Morgan fingerprint density at radius 2 is 1.65 bits per heavy atom. The predicted octanol–water partition coefficient (Wildman–Crippen LogP) is 4.05. The number of fused-ring (bicyclic) bond motifs is 3. The second-order valence-electron chi connectivity index (χ2n) is 13.8. The minimum atomic E-state index is -1.000. The van der Waals surface area contributed by atoms with Crippen molar-refractivity contribution in [3.8, 4) is 0 Å². The molecule has 0 spiro atoms. The SMILES string of the molecule is Cc1cc(C[C@@H](OC(=O)N2CCC(n3c(=O)[nH]c4c5ccccc5ncc43)CC2)C(=O)N2CCC(N3CCN(C)CC3)CC2)cc(Cl)c1N. The summed E-state index contributed by atoms with van der Waals surface area (Å²) in [5, 5.41) is 1.31. The molecule has 7 rings (SSSR count). The van der Waals surface area contributed by atoms with Crippen LogP contribution in [-0.4, -0.2) is 118 Å². The minimum absolute atomic E-state index is 0.104. The molecule has 12 nitrogen and oxygen atoms in total. The number of nitrogens with zero attached hydrogens (tertiary/aromatic N) is 6. The summed E-state index contributed by atoms with van der Waals surface area (Å²) >= 11 is 6.41. The fourth-order valence-corrected chi connectivity index (χ4v) is 8.06. The molecule has 0 saturated carbocycles. The third kappa shape index (κ3) is 6.86. The van der Waals surface area contributed by atoms with E-state index in [1.807, 2.05) is 42.2 Å². The van der Waals surface area contributed by atoms with E-state index in [0.29, 0.717) is 55.8 Å². The topological polar surface area (TPSA) is 133 Å². The van der Waals surface area contributed by atoms with E-state index in [1.54, 1.807) is 21.7 Å². The molecular formula is C36H45ClN8O4. The Morgan fingerprint density at radius 1 is 0.980 bits per heavy atom. The van der Waals surface area contributed by atoms with Crippen LogP contribution in [0.3, 0.4) is 0 Å². The smallest absolute Gasteiger partial charge is 0.410 e. The Bertz CT molecular complexity index is 1880. The molecule has 3 fully saturated rings. The molecule has 1 atom stereocenters. The van der Waals surface area contributed by atoms with Gasteiger partial charge < -0.3 is 30.2 Å². The lowest BCUT2D eigenvalue weighted by molar-refractivity contribution is -0.142. The van der Waals surface area contributed by atoms with Gasteiger partial charge in [-0.2, -0.15) is 0 Å². The first-order valence-electron chi connectivity index (χ1n) is 17.4. The highest BCUT2D eigenvalue weighted by Crippen LogP contribution is 2.29. The van der Waals surface area contributed by atoms with Crippen LogP contribution >= 0.6 is 11.6 Å². The Kier molecular flexibility index (Phi) is 9.54. The lowest BCUT2D eigenvalue weighted by atomic mass is 9.99. The number of para-hydroxylation sites is 1. The van der Waals surface area contributed by atoms with E-state index in [4.69, 9.17) is 22.1 Å². The fraction of sp³-hybridized carbons (Fsp3) is 0.500. The van der Waals surface area contributed by atoms with E-state index >= 15 is 0 Å². The number of hydrogen-bond acceptors (Lipinski definition) is 8. The number of H-pyrrole nitrogens is 1. The van der Waals surface area contributed by atoms with E-state index in [2.05, 4.69) is 26.8 Å². The number of anilines is 1. The van der Waals surface area contributed by atoms with Crippen molar-refractivity contribution in [3.05, 3.63) is 69.2 Å². The molecule has 2 aromatic heterocycles. The predicted molar refractivity (Wildman–Crippen MR) is 191 cm³/mol. The fourth-order valence-electron chi connectivity index (χ4n) is 7.77. The van der Waals surface area contributed by atoms with E-state index in [1.165, 1.54) is 0 Å². The largest absolute Gasteiger partial charge is 0.436 e. The molecule has 2 amide bonds. The molecule has 260 valence electrons. The summed E-state index contributed by atoms with van der Waals surface area (Å²) in [4.78, 5) is 56.9. The van der Waals surface area contributed by atoms with Crippen molar-refractivity contribution in [1.82, 2.24) is 34.1 Å². The van der Waals surface area contributed by atoms with Gasteiger partial charge in [0.25, 0.3) is 5.91 Å². The molecule has 3 N–H and O–H groups in total. The van der Waals surface area contributed by atoms with E-state index in [0.717, 1.165) is 72.1 Å². The lowest BCUT2D eigenvalue weighted by Crippen LogP contribution is -2.54. The molecule has 0 radical (unpaired) electrons. The zero-order valence-electron chi connectivity index (χ0n) is 28.2. The van der Waals surface area contributed by atoms with Crippen molar-refractivity contribution in [2.45, 2.75) is 57.2 Å². The summed E-state index contributed by atoms with van der Waals surface area (Å²) in [6, 6.07) is 11.7. The molecule has 0 aliphatic carbocycles. The van der Waals surface area contributed by atoms with Crippen molar-refractivity contribution in [2.24, 2.45) is 0 Å². The van der Waals surface area contributed by atoms with Gasteiger partial charge in [-0.05, 0) is 62.9 Å². The number of piperidine rings is 2. The standard InChI is InChI=1S/C36H45ClN8O4/c1-23-19-24(20-28(37)32(23)38)21-31(34(46)43-11-7-25(8-12-43)42-17-15-41(2)16-18-42)49-36(48)44-13-9-26(10-14-44)45-30-22-39-29-6-4-3-5-27(29)33(30)40-35(45)47/h3-6,19-20,22,25-26,31H,7-18,21,38H2,1-2H3,(H,40,47)/t31-/m1/s1. The van der Waals surface area contributed by atoms with Crippen molar-refractivity contribution in [2.75, 3.05) is 65.1 Å². The number of nitrogens with two attached hydrogens (primary N) is 1. The van der Waals surface area contributed by atoms with Gasteiger partial charge in [0.2, 0.25) is 0 Å². The number of likely N-dealkylation sites (tertiary alicyclic amines) is 2. The van der Waals surface area contributed by atoms with Crippen LogP contribution in [0.4, 0.5) is 10.5 Å². The quantitative estimate of drug-likeness (QED) is 0.290. The number of rotatable bonds is 6. The summed E-state index contributed by atoms with van der Waals surface area (Å²) in [6.07, 6.45) is 3.35. The summed E-state index contributed by atoms with van der Waals surface area (Å²) in [7, 11) is 2.16. The monoisotopic (exact) mass is 688 g/mol. The van der Waals surface area contributed by atoms with E-state index in [-0.39, 0.29) is 24.1 Å². The maximum atomic E-state index is 14.1. The summed E-state index contributed by atoms with van der Waals surface area (Å²) in [5.41, 5.74) is 10.3. The molecule has 13 heteroatoms. The number of aryl methyl sites for hydroxylation is 1. The summed E-state index contributed by atoms with van der Waals surface area (Å²) in [6.45, 7) is 8.13. The van der Waals surface area contributed by atoms with Crippen LogP contribution in [0.25, 0.3) is 21.9 Å². The number of aromatic amines is 1. The van der Waals surface area contributed by atoms with Gasteiger partial charge in [0.05, 0.1) is 33.5 Å². The maximum absolute atomic E-state index is 14.1. The average molecular weight is 689 g/mol. The van der Waals surface area contributed by atoms with Crippen LogP contribution in [-0.2, 0) is 16.0 Å². The van der Waals surface area contributed by atoms with Crippen molar-refractivity contribution < 1.29 is 14.3 Å². The van der Waals surface area contributed by atoms with Crippen molar-refractivity contribution in [3.63, 3.8) is 0 Å². The number of ether oxygens (including phenoxy) is 1. The second kappa shape index (κ2) is 14.0. The first-order chi connectivity index (χ1) is 23.7. The summed E-state index contributed by atoms with van der Waals surface area (Å²) < 4.78 is 7.83. The molecule has 3 aliphatic rings. The number of likely N-dealkylation sites (N-methyl/N-ethyl adjacent to an activating group) is 1. The van der Waals surface area contributed by atoms with Crippen LogP contribution in [0.15, 0.2) is 47.4 Å². The van der Waals surface area contributed by atoms with Gasteiger partial charge >= 0.3 is 11.8 Å². The second-order valence-corrected chi connectivity index (χ2v) is 14.2. The summed E-state index contributed by atoms with van der Waals surface area (Å²) in [5.74, 6) is -0.185. The average Bonchev–Trinajstić information content (AvgIpc) is 3.46. The molecule has 3 saturated heterocycles. The number of piperazine rings is 1. The van der Waals surface area contributed by atoms with Gasteiger partial charge in [0.1, 0.15) is 0 Å². The normalized spacial score (nSPS) is 19.5. The lowest BCUT2D eigenvalue weighted by Gasteiger charge is -2.42. The van der Waals surface area contributed by atoms with Crippen molar-refractivity contribution >= 4 is 51.2 Å². The van der Waals surface area contributed by atoms with Gasteiger partial charge in [-0.3, -0.25) is 19.2 Å². The molecule has 49 heavy (non-hydrogen) atoms. The van der Waals surface area contributed by atoms with Gasteiger partial charge in [-0.25, -0.2) is 9.59 Å². The number of nitrogen functional groups attached to an aromatic ring is 1. The Balaban J connectivity index is 1.03. The number of nitrogens with one attached hydrogen (secondary N) is 1. The number of halogens is 1. The molecule has 4 aromatic rings. The number of benzene rings is 2. The van der Waals surface area contributed by atoms with E-state index in [9.17, 15) is 14.4 Å². The number of aromatic nitrogens is 3. The highest BCUT2D eigenvalue weighted by molar-refractivity contribution is 6.33. The Morgan fingerprint density at radius 3 is 2.37 bits per heavy atom. The van der Waals surface area contributed by atoms with Crippen LogP contribution in [0.1, 0.15) is 42.9 Å². The molecule has 0 bridgehead atoms. The molecule has 2 aromatic carbocycles. The van der Waals surface area contributed by atoms with Crippen LogP contribution < -0.4 is 11.4 Å².